The molecule has 0 saturated carbocycles. The Morgan fingerprint density at radius 3 is 2.57 bits per heavy atom. The van der Waals surface area contributed by atoms with Crippen LogP contribution in [0.3, 0.4) is 0 Å². The summed E-state index contributed by atoms with van der Waals surface area (Å²) in [5.41, 5.74) is 0.820. The lowest BCUT2D eigenvalue weighted by Crippen LogP contribution is -2.55. The Bertz CT molecular complexity index is 700. The van der Waals surface area contributed by atoms with Gasteiger partial charge in [-0.3, -0.25) is 19.3 Å². The Hall–Kier alpha value is -1.85. The first-order chi connectivity index (χ1) is 13.1. The molecule has 9 nitrogen and oxygen atoms in total. The van der Waals surface area contributed by atoms with Crippen molar-refractivity contribution in [2.75, 3.05) is 50.7 Å². The van der Waals surface area contributed by atoms with Crippen LogP contribution in [0.25, 0.3) is 0 Å². The molecule has 2 amide bonds. The van der Waals surface area contributed by atoms with Crippen molar-refractivity contribution in [1.82, 2.24) is 24.9 Å². The summed E-state index contributed by atoms with van der Waals surface area (Å²) in [4.78, 5) is 35.0. The van der Waals surface area contributed by atoms with Gasteiger partial charge in [-0.2, -0.15) is 5.10 Å². The highest BCUT2D eigenvalue weighted by Crippen LogP contribution is 2.16. The van der Waals surface area contributed by atoms with Gasteiger partial charge in [0.15, 0.2) is 5.96 Å². The quantitative estimate of drug-likeness (QED) is 0.363. The summed E-state index contributed by atoms with van der Waals surface area (Å²) in [7, 11) is 1.84. The number of guanidine groups is 1. The number of aliphatic imine (C=N–C) groups is 1. The molecule has 10 heteroatoms. The van der Waals surface area contributed by atoms with Crippen LogP contribution in [0.2, 0.25) is 0 Å². The van der Waals surface area contributed by atoms with E-state index in [0.717, 1.165) is 38.2 Å². The van der Waals surface area contributed by atoms with E-state index >= 15 is 0 Å². The van der Waals surface area contributed by atoms with Crippen molar-refractivity contribution in [2.24, 2.45) is 12.0 Å². The summed E-state index contributed by atoms with van der Waals surface area (Å²) in [6, 6.07) is 0. The fraction of sp³-hybridized carbons (Fsp3) is 0.667. The van der Waals surface area contributed by atoms with E-state index in [4.69, 9.17) is 0 Å². The van der Waals surface area contributed by atoms with Crippen molar-refractivity contribution in [3.8, 4) is 0 Å². The molecule has 0 aromatic carbocycles. The van der Waals surface area contributed by atoms with Gasteiger partial charge < -0.3 is 20.0 Å². The van der Waals surface area contributed by atoms with Crippen molar-refractivity contribution in [3.63, 3.8) is 0 Å². The highest BCUT2D eigenvalue weighted by atomic mass is 127. The van der Waals surface area contributed by atoms with Crippen LogP contribution in [0.5, 0.6) is 0 Å². The van der Waals surface area contributed by atoms with E-state index in [1.807, 2.05) is 30.0 Å². The molecule has 1 aromatic rings. The summed E-state index contributed by atoms with van der Waals surface area (Å²) in [5.74, 6) is 0.892. The Labute approximate surface area is 183 Å². The molecular weight excluding hydrogens is 473 g/mol. The lowest BCUT2D eigenvalue weighted by Gasteiger charge is -2.35. The van der Waals surface area contributed by atoms with E-state index < -0.39 is 0 Å². The zero-order valence-corrected chi connectivity index (χ0v) is 19.0. The van der Waals surface area contributed by atoms with Gasteiger partial charge in [0.25, 0.3) is 0 Å². The fourth-order valence-electron chi connectivity index (χ4n) is 3.48. The smallest absolute Gasteiger partial charge is 0.246 e. The topological polar surface area (TPSA) is 86.1 Å². The van der Waals surface area contributed by atoms with E-state index in [2.05, 4.69) is 15.4 Å². The van der Waals surface area contributed by atoms with E-state index in [1.165, 1.54) is 0 Å². The first-order valence-electron chi connectivity index (χ1n) is 9.68. The molecule has 0 aliphatic carbocycles. The van der Waals surface area contributed by atoms with Gasteiger partial charge in [0.05, 0.1) is 18.4 Å². The van der Waals surface area contributed by atoms with Crippen molar-refractivity contribution in [1.29, 1.82) is 0 Å². The monoisotopic (exact) mass is 503 g/mol. The van der Waals surface area contributed by atoms with E-state index in [-0.39, 0.29) is 42.3 Å². The molecule has 0 spiro atoms. The largest absolute Gasteiger partial charge is 0.357 e. The van der Waals surface area contributed by atoms with Crippen molar-refractivity contribution >= 4 is 47.4 Å². The number of nitrogens with one attached hydrogen (secondary N) is 1. The highest BCUT2D eigenvalue weighted by Gasteiger charge is 2.27. The van der Waals surface area contributed by atoms with Crippen molar-refractivity contribution in [3.05, 3.63) is 12.4 Å². The molecule has 0 atom stereocenters. The third kappa shape index (κ3) is 5.58. The summed E-state index contributed by atoms with van der Waals surface area (Å²) < 4.78 is 1.69. The normalized spacial score (nSPS) is 17.7. The molecule has 0 unspecified atom stereocenters. The second kappa shape index (κ2) is 10.6. The first-order valence-corrected chi connectivity index (χ1v) is 9.68. The number of nitrogens with zero attached hydrogens (tertiary/aromatic N) is 6. The maximum atomic E-state index is 12.6. The SMILES string of the molecule is CCNC(=NCCC(=O)N1CCCC1)N1CCN(c2cnn(C)c2)C(=O)C1.I. The number of carbonyl (C=O) groups excluding carboxylic acids is 2. The second-order valence-electron chi connectivity index (χ2n) is 6.91. The van der Waals surface area contributed by atoms with Crippen LogP contribution in [0.4, 0.5) is 5.69 Å². The van der Waals surface area contributed by atoms with Crippen LogP contribution in [0.15, 0.2) is 17.4 Å². The fourth-order valence-corrected chi connectivity index (χ4v) is 3.48. The lowest BCUT2D eigenvalue weighted by molar-refractivity contribution is -0.129. The van der Waals surface area contributed by atoms with Crippen LogP contribution < -0.4 is 10.2 Å². The third-order valence-electron chi connectivity index (χ3n) is 4.90. The standard InChI is InChI=1S/C18H29N7O2.HI/c1-3-19-18(20-7-6-16(26)23-8-4-5-9-23)24-10-11-25(17(27)14-24)15-12-21-22(2)13-15;/h12-13H,3-11,14H2,1-2H3,(H,19,20);1H. The van der Waals surface area contributed by atoms with Crippen molar-refractivity contribution < 1.29 is 9.59 Å². The molecule has 0 radical (unpaired) electrons. The predicted octanol–water partition coefficient (Wildman–Crippen LogP) is 0.665. The molecule has 2 aliphatic heterocycles. The minimum atomic E-state index is 0. The van der Waals surface area contributed by atoms with Gasteiger partial charge in [-0.1, -0.05) is 0 Å². The van der Waals surface area contributed by atoms with Crippen LogP contribution in [0, 0.1) is 0 Å². The van der Waals surface area contributed by atoms with Gasteiger partial charge in [0.2, 0.25) is 11.8 Å². The molecule has 3 rings (SSSR count). The number of rotatable bonds is 5. The summed E-state index contributed by atoms with van der Waals surface area (Å²) in [6.45, 7) is 6.43. The number of likely N-dealkylation sites (tertiary alicyclic amines) is 1. The molecule has 2 aliphatic rings. The van der Waals surface area contributed by atoms with Crippen LogP contribution in [-0.4, -0.2) is 83.2 Å². The van der Waals surface area contributed by atoms with Gasteiger partial charge in [0.1, 0.15) is 6.54 Å². The van der Waals surface area contributed by atoms with Crippen LogP contribution in [-0.2, 0) is 16.6 Å². The Kier molecular flexibility index (Phi) is 8.52. The first kappa shape index (κ1) is 22.4. The number of amides is 2. The van der Waals surface area contributed by atoms with Crippen LogP contribution >= 0.6 is 24.0 Å². The average molecular weight is 503 g/mol. The number of hydrogen-bond acceptors (Lipinski definition) is 4. The van der Waals surface area contributed by atoms with Gasteiger partial charge in [-0.15, -0.1) is 24.0 Å². The minimum Gasteiger partial charge on any atom is -0.357 e. The van der Waals surface area contributed by atoms with Gasteiger partial charge >= 0.3 is 0 Å². The Morgan fingerprint density at radius 1 is 1.21 bits per heavy atom. The molecule has 0 bridgehead atoms. The zero-order valence-electron chi connectivity index (χ0n) is 16.6. The lowest BCUT2D eigenvalue weighted by atomic mass is 10.3. The number of aromatic nitrogens is 2. The molecule has 2 fully saturated rings. The van der Waals surface area contributed by atoms with Crippen molar-refractivity contribution in [2.45, 2.75) is 26.2 Å². The number of aryl methyl sites for hydroxylation is 1. The number of hydrogen-bond donors (Lipinski definition) is 1. The Morgan fingerprint density at radius 2 is 1.96 bits per heavy atom. The second-order valence-corrected chi connectivity index (χ2v) is 6.91. The maximum absolute atomic E-state index is 12.6. The highest BCUT2D eigenvalue weighted by molar-refractivity contribution is 14.0. The third-order valence-corrected chi connectivity index (χ3v) is 4.90. The van der Waals surface area contributed by atoms with Crippen LogP contribution in [0.1, 0.15) is 26.2 Å². The molecule has 28 heavy (non-hydrogen) atoms. The summed E-state index contributed by atoms with van der Waals surface area (Å²) in [6.07, 6.45) is 6.16. The molecular formula is C18H30IN7O2. The number of piperazine rings is 1. The number of halogens is 1. The maximum Gasteiger partial charge on any atom is 0.246 e. The van der Waals surface area contributed by atoms with Gasteiger partial charge in [0, 0.05) is 52.4 Å². The molecule has 1 aromatic heterocycles. The summed E-state index contributed by atoms with van der Waals surface area (Å²) in [5, 5.41) is 7.38. The number of carbonyl (C=O) groups is 2. The molecule has 3 heterocycles. The Balaban J connectivity index is 0.00000280. The van der Waals surface area contributed by atoms with Gasteiger partial charge in [-0.05, 0) is 19.8 Å². The van der Waals surface area contributed by atoms with E-state index in [0.29, 0.717) is 32.0 Å². The molecule has 2 saturated heterocycles. The van der Waals surface area contributed by atoms with E-state index in [1.54, 1.807) is 15.8 Å². The zero-order chi connectivity index (χ0) is 19.2. The molecule has 156 valence electrons. The number of anilines is 1. The van der Waals surface area contributed by atoms with E-state index in [9.17, 15) is 9.59 Å². The molecule has 1 N–H and O–H groups in total. The minimum absolute atomic E-state index is 0. The summed E-state index contributed by atoms with van der Waals surface area (Å²) >= 11 is 0. The van der Waals surface area contributed by atoms with Gasteiger partial charge in [-0.25, -0.2) is 0 Å². The average Bonchev–Trinajstić information content (AvgIpc) is 3.32. The predicted molar refractivity (Wildman–Crippen MR) is 119 cm³/mol.